The molecule has 0 bridgehead atoms. The summed E-state index contributed by atoms with van der Waals surface area (Å²) in [7, 11) is 0. The van der Waals surface area contributed by atoms with Gasteiger partial charge in [-0.05, 0) is 6.07 Å². The second kappa shape index (κ2) is 5.00. The van der Waals surface area contributed by atoms with Crippen molar-refractivity contribution in [2.45, 2.75) is 0 Å². The largest absolute Gasteiger partial charge is 0.385 e. The van der Waals surface area contributed by atoms with Crippen molar-refractivity contribution in [3.63, 3.8) is 0 Å². The maximum Gasteiger partial charge on any atom is 0.162 e. The molecule has 4 aromatic rings. The Kier molecular flexibility index (Phi) is 2.86. The van der Waals surface area contributed by atoms with Gasteiger partial charge in [-0.3, -0.25) is 0 Å². The lowest BCUT2D eigenvalue weighted by atomic mass is 10.1. The van der Waals surface area contributed by atoms with Gasteiger partial charge in [0.25, 0.3) is 0 Å². The van der Waals surface area contributed by atoms with E-state index < -0.39 is 0 Å². The van der Waals surface area contributed by atoms with E-state index in [2.05, 4.69) is 9.97 Å². The number of fused-ring (bicyclic) bond motifs is 1. The summed E-state index contributed by atoms with van der Waals surface area (Å²) in [6, 6.07) is 21.9. The Hall–Kier alpha value is -3.14. The molecule has 0 amide bonds. The molecule has 2 aromatic heterocycles. The van der Waals surface area contributed by atoms with Gasteiger partial charge < -0.3 is 10.7 Å². The number of nitrogens with zero attached hydrogens (tertiary/aromatic N) is 2. The predicted octanol–water partition coefficient (Wildman–Crippen LogP) is 3.87. The van der Waals surface area contributed by atoms with Gasteiger partial charge in [-0.2, -0.15) is 0 Å². The van der Waals surface area contributed by atoms with Crippen molar-refractivity contribution in [1.29, 1.82) is 0 Å². The van der Waals surface area contributed by atoms with Crippen LogP contribution >= 0.6 is 0 Å². The molecule has 0 aliphatic heterocycles. The van der Waals surface area contributed by atoms with Crippen LogP contribution in [0.2, 0.25) is 0 Å². The molecule has 4 heteroatoms. The Morgan fingerprint density at radius 1 is 0.773 bits per heavy atom. The fourth-order valence-electron chi connectivity index (χ4n) is 2.56. The topological polar surface area (TPSA) is 67.6 Å². The first-order valence-electron chi connectivity index (χ1n) is 7.08. The number of anilines is 1. The zero-order valence-electron chi connectivity index (χ0n) is 11.8. The lowest BCUT2D eigenvalue weighted by Crippen LogP contribution is -1.94. The smallest absolute Gasteiger partial charge is 0.162 e. The van der Waals surface area contributed by atoms with Gasteiger partial charge in [-0.1, -0.05) is 60.7 Å². The van der Waals surface area contributed by atoms with E-state index in [0.717, 1.165) is 27.9 Å². The molecule has 22 heavy (non-hydrogen) atoms. The maximum atomic E-state index is 5.90. The summed E-state index contributed by atoms with van der Waals surface area (Å²) in [5.74, 6) is 1.28. The normalized spacial score (nSPS) is 10.9. The van der Waals surface area contributed by atoms with Gasteiger partial charge in [-0.25, -0.2) is 9.97 Å². The molecule has 106 valence electrons. The average Bonchev–Trinajstić information content (AvgIpc) is 2.95. The van der Waals surface area contributed by atoms with Crippen LogP contribution in [0.4, 0.5) is 5.82 Å². The van der Waals surface area contributed by atoms with E-state index in [0.29, 0.717) is 11.6 Å². The fraction of sp³-hybridized carbons (Fsp3) is 0. The highest BCUT2D eigenvalue weighted by Gasteiger charge is 2.12. The molecule has 0 atom stereocenters. The lowest BCUT2D eigenvalue weighted by Gasteiger charge is -2.06. The molecule has 0 fully saturated rings. The highest BCUT2D eigenvalue weighted by molar-refractivity contribution is 5.94. The molecule has 0 aliphatic carbocycles. The van der Waals surface area contributed by atoms with Crippen LogP contribution in [0.25, 0.3) is 33.7 Å². The number of benzene rings is 2. The van der Waals surface area contributed by atoms with Crippen LogP contribution in [-0.2, 0) is 0 Å². The Balaban J connectivity index is 2.02. The van der Waals surface area contributed by atoms with Crippen molar-refractivity contribution < 1.29 is 0 Å². The van der Waals surface area contributed by atoms with Crippen LogP contribution in [0.1, 0.15) is 0 Å². The Bertz CT molecular complexity index is 927. The number of hydrogen-bond acceptors (Lipinski definition) is 3. The van der Waals surface area contributed by atoms with E-state index in [1.165, 1.54) is 0 Å². The van der Waals surface area contributed by atoms with Crippen molar-refractivity contribution >= 4 is 16.9 Å². The van der Waals surface area contributed by atoms with Gasteiger partial charge in [0, 0.05) is 16.5 Å². The zero-order valence-corrected chi connectivity index (χ0v) is 11.8. The van der Waals surface area contributed by atoms with Gasteiger partial charge in [0.05, 0.1) is 5.69 Å². The van der Waals surface area contributed by atoms with Crippen LogP contribution in [0.15, 0.2) is 66.7 Å². The molecular formula is C18H14N4. The molecule has 4 rings (SSSR count). The van der Waals surface area contributed by atoms with Crippen molar-refractivity contribution in [3.05, 3.63) is 66.7 Å². The molecule has 0 spiro atoms. The van der Waals surface area contributed by atoms with E-state index >= 15 is 0 Å². The van der Waals surface area contributed by atoms with Crippen LogP contribution in [-0.4, -0.2) is 15.0 Å². The van der Waals surface area contributed by atoms with Gasteiger partial charge in [0.15, 0.2) is 5.82 Å². The number of H-pyrrole nitrogens is 1. The summed E-state index contributed by atoms with van der Waals surface area (Å²) < 4.78 is 0. The molecular weight excluding hydrogens is 272 g/mol. The third kappa shape index (κ3) is 2.11. The molecule has 0 radical (unpaired) electrons. The van der Waals surface area contributed by atoms with Crippen molar-refractivity contribution in [1.82, 2.24) is 15.0 Å². The minimum Gasteiger partial charge on any atom is -0.385 e. The van der Waals surface area contributed by atoms with Gasteiger partial charge >= 0.3 is 0 Å². The monoisotopic (exact) mass is 286 g/mol. The first-order chi connectivity index (χ1) is 10.8. The van der Waals surface area contributed by atoms with E-state index in [1.807, 2.05) is 66.7 Å². The molecule has 0 unspecified atom stereocenters. The van der Waals surface area contributed by atoms with E-state index in [9.17, 15) is 0 Å². The van der Waals surface area contributed by atoms with Crippen LogP contribution in [0.5, 0.6) is 0 Å². The number of nitrogens with one attached hydrogen (secondary N) is 1. The number of nitrogen functional groups attached to an aromatic ring is 1. The first kappa shape index (κ1) is 12.6. The minimum atomic E-state index is 0.590. The summed E-state index contributed by atoms with van der Waals surface area (Å²) >= 11 is 0. The standard InChI is InChI=1S/C18H14N4/c19-15-11-14-16(12-7-3-1-4-8-12)21-17(22-18(14)20-15)13-9-5-2-6-10-13/h1-11H,19H2,(H,20,21,22). The van der Waals surface area contributed by atoms with Crippen molar-refractivity contribution in [2.24, 2.45) is 0 Å². The molecule has 3 N–H and O–H groups in total. The van der Waals surface area contributed by atoms with Crippen molar-refractivity contribution in [3.8, 4) is 22.6 Å². The Morgan fingerprint density at radius 2 is 1.41 bits per heavy atom. The maximum absolute atomic E-state index is 5.90. The number of aromatic amines is 1. The molecule has 0 aliphatic rings. The average molecular weight is 286 g/mol. The second-order valence-electron chi connectivity index (χ2n) is 5.11. The fourth-order valence-corrected chi connectivity index (χ4v) is 2.56. The highest BCUT2D eigenvalue weighted by atomic mass is 15.0. The second-order valence-corrected chi connectivity index (χ2v) is 5.11. The number of aromatic nitrogens is 3. The van der Waals surface area contributed by atoms with Crippen LogP contribution in [0, 0.1) is 0 Å². The first-order valence-corrected chi connectivity index (χ1v) is 7.08. The highest BCUT2D eigenvalue weighted by Crippen LogP contribution is 2.29. The molecule has 2 heterocycles. The molecule has 2 aromatic carbocycles. The quantitative estimate of drug-likeness (QED) is 0.587. The molecule has 0 saturated carbocycles. The number of nitrogens with two attached hydrogens (primary N) is 1. The number of hydrogen-bond donors (Lipinski definition) is 2. The Labute approximate surface area is 127 Å². The SMILES string of the molecule is Nc1cc2c(-c3ccccc3)nc(-c3ccccc3)nc2[nH]1. The molecule has 4 nitrogen and oxygen atoms in total. The van der Waals surface area contributed by atoms with Gasteiger partial charge in [-0.15, -0.1) is 0 Å². The third-order valence-electron chi connectivity index (χ3n) is 3.59. The van der Waals surface area contributed by atoms with Gasteiger partial charge in [0.1, 0.15) is 11.5 Å². The van der Waals surface area contributed by atoms with E-state index in [4.69, 9.17) is 10.7 Å². The Morgan fingerprint density at radius 3 is 2.09 bits per heavy atom. The third-order valence-corrected chi connectivity index (χ3v) is 3.59. The van der Waals surface area contributed by atoms with E-state index in [1.54, 1.807) is 0 Å². The van der Waals surface area contributed by atoms with Crippen molar-refractivity contribution in [2.75, 3.05) is 5.73 Å². The zero-order chi connectivity index (χ0) is 14.9. The van der Waals surface area contributed by atoms with E-state index in [-0.39, 0.29) is 0 Å². The summed E-state index contributed by atoms with van der Waals surface area (Å²) in [5.41, 5.74) is 9.57. The molecule has 0 saturated heterocycles. The van der Waals surface area contributed by atoms with Gasteiger partial charge in [0.2, 0.25) is 0 Å². The lowest BCUT2D eigenvalue weighted by molar-refractivity contribution is 1.21. The predicted molar refractivity (Wildman–Crippen MR) is 89.2 cm³/mol. The summed E-state index contributed by atoms with van der Waals surface area (Å²) in [4.78, 5) is 12.5. The van der Waals surface area contributed by atoms with Crippen LogP contribution < -0.4 is 5.73 Å². The number of rotatable bonds is 2. The summed E-state index contributed by atoms with van der Waals surface area (Å²) in [5, 5.41) is 0.934. The minimum absolute atomic E-state index is 0.590. The summed E-state index contributed by atoms with van der Waals surface area (Å²) in [6.45, 7) is 0. The summed E-state index contributed by atoms with van der Waals surface area (Å²) in [6.07, 6.45) is 0. The van der Waals surface area contributed by atoms with Crippen LogP contribution in [0.3, 0.4) is 0 Å².